The molecule has 2 atom stereocenters. The van der Waals surface area contributed by atoms with Crippen LogP contribution in [0.5, 0.6) is 0 Å². The number of carbonyl (C=O) groups excluding carboxylic acids is 1. The number of hydrogen-bond acceptors (Lipinski definition) is 3. The van der Waals surface area contributed by atoms with Crippen LogP contribution in [0.4, 0.5) is 0 Å². The molecule has 1 amide bonds. The third-order valence-corrected chi connectivity index (χ3v) is 4.60. The van der Waals surface area contributed by atoms with Gasteiger partial charge in [-0.25, -0.2) is 8.42 Å². The lowest BCUT2D eigenvalue weighted by atomic mass is 10.0. The molecule has 0 aliphatic rings. The van der Waals surface area contributed by atoms with E-state index in [-0.39, 0.29) is 16.8 Å². The minimum absolute atomic E-state index is 0.0108. The second-order valence-corrected chi connectivity index (χ2v) is 7.65. The summed E-state index contributed by atoms with van der Waals surface area (Å²) in [5.74, 6) is 0.341. The van der Waals surface area contributed by atoms with Crippen molar-refractivity contribution < 1.29 is 13.2 Å². The zero-order chi connectivity index (χ0) is 15.3. The summed E-state index contributed by atoms with van der Waals surface area (Å²) >= 11 is 0. The van der Waals surface area contributed by atoms with Gasteiger partial charge in [-0.15, -0.1) is 0 Å². The van der Waals surface area contributed by atoms with Gasteiger partial charge < -0.3 is 5.32 Å². The highest BCUT2D eigenvalue weighted by Crippen LogP contribution is 2.16. The molecule has 0 aliphatic carbocycles. The van der Waals surface area contributed by atoms with E-state index in [4.69, 9.17) is 10.7 Å². The summed E-state index contributed by atoms with van der Waals surface area (Å²) in [5.41, 5.74) is 0.421. The van der Waals surface area contributed by atoms with Gasteiger partial charge in [-0.1, -0.05) is 20.3 Å². The quantitative estimate of drug-likeness (QED) is 0.820. The average molecular weight is 318 g/mol. The van der Waals surface area contributed by atoms with E-state index in [2.05, 4.69) is 19.2 Å². The summed E-state index contributed by atoms with van der Waals surface area (Å²) in [6, 6.07) is 5.66. The Balaban J connectivity index is 2.69. The zero-order valence-corrected chi connectivity index (χ0v) is 13.5. The lowest BCUT2D eigenvalue weighted by Gasteiger charge is -2.17. The summed E-state index contributed by atoms with van der Waals surface area (Å²) < 4.78 is 22.2. The SMILES string of the molecule is CCC(C)CC(C)NC(=O)c1ccc(S(=O)(=O)Cl)cc1. The van der Waals surface area contributed by atoms with E-state index in [1.165, 1.54) is 24.3 Å². The van der Waals surface area contributed by atoms with Crippen molar-refractivity contribution in [3.63, 3.8) is 0 Å². The van der Waals surface area contributed by atoms with E-state index >= 15 is 0 Å². The fourth-order valence-corrected chi connectivity index (χ4v) is 2.67. The predicted molar refractivity (Wildman–Crippen MR) is 80.5 cm³/mol. The van der Waals surface area contributed by atoms with Crippen LogP contribution in [0.15, 0.2) is 29.2 Å². The van der Waals surface area contributed by atoms with E-state index in [0.717, 1.165) is 12.8 Å². The Morgan fingerprint density at radius 2 is 1.80 bits per heavy atom. The number of rotatable bonds is 6. The number of amides is 1. The molecule has 0 fully saturated rings. The Morgan fingerprint density at radius 3 is 2.25 bits per heavy atom. The maximum atomic E-state index is 12.0. The van der Waals surface area contributed by atoms with Crippen LogP contribution in [0, 0.1) is 5.92 Å². The van der Waals surface area contributed by atoms with Crippen molar-refractivity contribution in [2.45, 2.75) is 44.6 Å². The third-order valence-electron chi connectivity index (χ3n) is 3.23. The summed E-state index contributed by atoms with van der Waals surface area (Å²) in [6.07, 6.45) is 1.98. The Hall–Kier alpha value is -1.07. The first-order valence-electron chi connectivity index (χ1n) is 6.59. The standard InChI is InChI=1S/C14H20ClNO3S/c1-4-10(2)9-11(3)16-14(17)12-5-7-13(8-6-12)20(15,18)19/h5-8,10-11H,4,9H2,1-3H3,(H,16,17). The molecular formula is C14H20ClNO3S. The largest absolute Gasteiger partial charge is 0.350 e. The number of benzene rings is 1. The molecule has 0 bridgehead atoms. The smallest absolute Gasteiger partial charge is 0.261 e. The van der Waals surface area contributed by atoms with Gasteiger partial charge in [0.05, 0.1) is 4.90 Å². The molecule has 0 aliphatic heterocycles. The van der Waals surface area contributed by atoms with Crippen LogP contribution >= 0.6 is 10.7 Å². The van der Waals surface area contributed by atoms with Crippen molar-refractivity contribution in [1.29, 1.82) is 0 Å². The van der Waals surface area contributed by atoms with Gasteiger partial charge in [0.25, 0.3) is 15.0 Å². The zero-order valence-electron chi connectivity index (χ0n) is 11.9. The molecule has 20 heavy (non-hydrogen) atoms. The fraction of sp³-hybridized carbons (Fsp3) is 0.500. The van der Waals surface area contributed by atoms with Crippen LogP contribution in [0.2, 0.25) is 0 Å². The second-order valence-electron chi connectivity index (χ2n) is 5.09. The lowest BCUT2D eigenvalue weighted by Crippen LogP contribution is -2.33. The molecule has 0 saturated carbocycles. The van der Waals surface area contributed by atoms with Gasteiger partial charge in [0, 0.05) is 22.3 Å². The van der Waals surface area contributed by atoms with Gasteiger partial charge in [0.1, 0.15) is 0 Å². The number of halogens is 1. The molecule has 0 aromatic heterocycles. The summed E-state index contributed by atoms with van der Waals surface area (Å²) in [5, 5.41) is 2.90. The van der Waals surface area contributed by atoms with E-state index in [0.29, 0.717) is 11.5 Å². The second kappa shape index (κ2) is 7.09. The number of nitrogens with one attached hydrogen (secondary N) is 1. The molecule has 1 aromatic rings. The minimum atomic E-state index is -3.75. The molecule has 112 valence electrons. The Kier molecular flexibility index (Phi) is 6.02. The van der Waals surface area contributed by atoms with Crippen molar-refractivity contribution in [3.05, 3.63) is 29.8 Å². The third kappa shape index (κ3) is 5.13. The molecule has 1 rings (SSSR count). The van der Waals surface area contributed by atoms with Gasteiger partial charge in [-0.2, -0.15) is 0 Å². The molecule has 6 heteroatoms. The maximum Gasteiger partial charge on any atom is 0.261 e. The van der Waals surface area contributed by atoms with E-state index in [1.54, 1.807) is 0 Å². The van der Waals surface area contributed by atoms with Gasteiger partial charge in [0.15, 0.2) is 0 Å². The van der Waals surface area contributed by atoms with Crippen LogP contribution in [0.3, 0.4) is 0 Å². The first kappa shape index (κ1) is 17.0. The number of hydrogen-bond donors (Lipinski definition) is 1. The van der Waals surface area contributed by atoms with Crippen molar-refractivity contribution >= 4 is 25.6 Å². The Labute approximate surface area is 124 Å². The van der Waals surface area contributed by atoms with Gasteiger partial charge in [-0.3, -0.25) is 4.79 Å². The highest BCUT2D eigenvalue weighted by Gasteiger charge is 2.14. The van der Waals surface area contributed by atoms with Crippen molar-refractivity contribution in [1.82, 2.24) is 5.32 Å². The van der Waals surface area contributed by atoms with E-state index in [9.17, 15) is 13.2 Å². The molecule has 0 radical (unpaired) electrons. The fourth-order valence-electron chi connectivity index (χ4n) is 1.91. The summed E-state index contributed by atoms with van der Waals surface area (Å²) in [7, 11) is 1.47. The van der Waals surface area contributed by atoms with Crippen molar-refractivity contribution in [2.24, 2.45) is 5.92 Å². The minimum Gasteiger partial charge on any atom is -0.350 e. The summed E-state index contributed by atoms with van der Waals surface area (Å²) in [4.78, 5) is 12.0. The van der Waals surface area contributed by atoms with Crippen LogP contribution < -0.4 is 5.32 Å². The molecule has 0 saturated heterocycles. The highest BCUT2D eigenvalue weighted by atomic mass is 35.7. The van der Waals surface area contributed by atoms with Crippen molar-refractivity contribution in [3.8, 4) is 0 Å². The Bertz CT molecular complexity index is 554. The highest BCUT2D eigenvalue weighted by molar-refractivity contribution is 8.13. The molecule has 0 spiro atoms. The molecule has 2 unspecified atom stereocenters. The van der Waals surface area contributed by atoms with Gasteiger partial charge >= 0.3 is 0 Å². The molecule has 1 aromatic carbocycles. The monoisotopic (exact) mass is 317 g/mol. The van der Waals surface area contributed by atoms with Crippen LogP contribution in [-0.4, -0.2) is 20.4 Å². The molecular weight excluding hydrogens is 298 g/mol. The van der Waals surface area contributed by atoms with Crippen LogP contribution in [0.1, 0.15) is 44.0 Å². The first-order valence-corrected chi connectivity index (χ1v) is 8.90. The van der Waals surface area contributed by atoms with Crippen molar-refractivity contribution in [2.75, 3.05) is 0 Å². The normalized spacial score (nSPS) is 14.6. The maximum absolute atomic E-state index is 12.0. The number of carbonyl (C=O) groups is 1. The molecule has 4 nitrogen and oxygen atoms in total. The van der Waals surface area contributed by atoms with Gasteiger partial charge in [0.2, 0.25) is 0 Å². The van der Waals surface area contributed by atoms with Gasteiger partial charge in [-0.05, 0) is 43.5 Å². The predicted octanol–water partition coefficient (Wildman–Crippen LogP) is 3.17. The lowest BCUT2D eigenvalue weighted by molar-refractivity contribution is 0.0935. The average Bonchev–Trinajstić information content (AvgIpc) is 2.37. The first-order chi connectivity index (χ1) is 9.24. The topological polar surface area (TPSA) is 63.2 Å². The Morgan fingerprint density at radius 1 is 1.25 bits per heavy atom. The molecule has 1 N–H and O–H groups in total. The summed E-state index contributed by atoms with van der Waals surface area (Å²) in [6.45, 7) is 6.22. The van der Waals surface area contributed by atoms with E-state index in [1.807, 2.05) is 6.92 Å². The van der Waals surface area contributed by atoms with Crippen LogP contribution in [0.25, 0.3) is 0 Å². The van der Waals surface area contributed by atoms with Crippen LogP contribution in [-0.2, 0) is 9.05 Å². The molecule has 0 heterocycles. The van der Waals surface area contributed by atoms with E-state index < -0.39 is 9.05 Å².